The van der Waals surface area contributed by atoms with Crippen molar-refractivity contribution in [1.82, 2.24) is 16.2 Å². The Bertz CT molecular complexity index is 952. The van der Waals surface area contributed by atoms with Crippen molar-refractivity contribution in [3.05, 3.63) is 57.6 Å². The highest BCUT2D eigenvalue weighted by molar-refractivity contribution is 9.10. The Hall–Kier alpha value is -2.65. The van der Waals surface area contributed by atoms with E-state index in [2.05, 4.69) is 32.1 Å². The van der Waals surface area contributed by atoms with Gasteiger partial charge in [-0.15, -0.1) is 0 Å². The summed E-state index contributed by atoms with van der Waals surface area (Å²) in [4.78, 5) is 24.8. The molecule has 2 aromatic rings. The van der Waals surface area contributed by atoms with Crippen molar-refractivity contribution in [2.45, 2.75) is 33.8 Å². The number of ether oxygens (including phenoxy) is 2. The number of carbonyl (C=O) groups excluding carboxylic acids is 2. The second kappa shape index (κ2) is 10.9. The molecule has 0 saturated heterocycles. The fraction of sp³-hybridized carbons (Fsp3) is 0.286. The van der Waals surface area contributed by atoms with Crippen LogP contribution in [0.5, 0.6) is 11.5 Å². The van der Waals surface area contributed by atoms with Crippen molar-refractivity contribution < 1.29 is 19.1 Å². The number of amides is 2. The zero-order valence-electron chi connectivity index (χ0n) is 17.2. The van der Waals surface area contributed by atoms with E-state index < -0.39 is 17.9 Å². The quantitative estimate of drug-likeness (QED) is 0.421. The third kappa shape index (κ3) is 6.70. The lowest BCUT2D eigenvalue weighted by atomic mass is 10.1. The number of halogens is 1. The Morgan fingerprint density at radius 1 is 1.10 bits per heavy atom. The standard InChI is InChI=1S/C21H24BrN3O4S/c1-5-28-18-9-7-15(22)11-17(18)20(27)23-21(30)25-24-19(26)14(4)29-16-8-6-12(2)13(3)10-16/h6-11,14H,5H2,1-4H3,(H,24,26)(H2,23,25,27,30). The minimum atomic E-state index is -0.771. The maximum absolute atomic E-state index is 12.5. The number of carbonyl (C=O) groups is 2. The van der Waals surface area contributed by atoms with Crippen molar-refractivity contribution in [3.8, 4) is 11.5 Å². The van der Waals surface area contributed by atoms with Crippen molar-refractivity contribution in [2.24, 2.45) is 0 Å². The van der Waals surface area contributed by atoms with Crippen LogP contribution in [0.25, 0.3) is 0 Å². The lowest BCUT2D eigenvalue weighted by Gasteiger charge is -2.17. The van der Waals surface area contributed by atoms with E-state index in [1.165, 1.54) is 0 Å². The third-order valence-electron chi connectivity index (χ3n) is 4.17. The van der Waals surface area contributed by atoms with Gasteiger partial charge in [0.1, 0.15) is 11.5 Å². The highest BCUT2D eigenvalue weighted by Gasteiger charge is 2.17. The van der Waals surface area contributed by atoms with Crippen LogP contribution in [-0.4, -0.2) is 29.6 Å². The molecule has 0 aromatic heterocycles. The van der Waals surface area contributed by atoms with Gasteiger partial charge in [-0.1, -0.05) is 22.0 Å². The van der Waals surface area contributed by atoms with Gasteiger partial charge >= 0.3 is 0 Å². The van der Waals surface area contributed by atoms with Crippen LogP contribution in [0.1, 0.15) is 35.3 Å². The Kier molecular flexibility index (Phi) is 8.61. The summed E-state index contributed by atoms with van der Waals surface area (Å²) in [5.41, 5.74) is 7.45. The number of nitrogens with one attached hydrogen (secondary N) is 3. The number of hydrogen-bond acceptors (Lipinski definition) is 5. The van der Waals surface area contributed by atoms with Crippen LogP contribution >= 0.6 is 28.1 Å². The lowest BCUT2D eigenvalue weighted by Crippen LogP contribution is -2.51. The highest BCUT2D eigenvalue weighted by Crippen LogP contribution is 2.23. The molecule has 1 atom stereocenters. The molecule has 1 unspecified atom stereocenters. The van der Waals surface area contributed by atoms with Gasteiger partial charge in [-0.25, -0.2) is 0 Å². The van der Waals surface area contributed by atoms with E-state index in [9.17, 15) is 9.59 Å². The molecule has 9 heteroatoms. The molecule has 0 spiro atoms. The average molecular weight is 494 g/mol. The lowest BCUT2D eigenvalue weighted by molar-refractivity contribution is -0.127. The second-order valence-corrected chi connectivity index (χ2v) is 7.80. The van der Waals surface area contributed by atoms with E-state index in [4.69, 9.17) is 21.7 Å². The Balaban J connectivity index is 1.89. The summed E-state index contributed by atoms with van der Waals surface area (Å²) in [7, 11) is 0. The van der Waals surface area contributed by atoms with Crippen molar-refractivity contribution in [1.29, 1.82) is 0 Å². The molecule has 2 aromatic carbocycles. The predicted octanol–water partition coefficient (Wildman–Crippen LogP) is 3.57. The molecule has 0 aliphatic carbocycles. The zero-order valence-corrected chi connectivity index (χ0v) is 19.6. The number of rotatable bonds is 6. The van der Waals surface area contributed by atoms with Gasteiger partial charge in [-0.3, -0.25) is 25.8 Å². The summed E-state index contributed by atoms with van der Waals surface area (Å²) in [6.45, 7) is 7.83. The molecule has 2 amide bonds. The van der Waals surface area contributed by atoms with E-state index in [0.717, 1.165) is 15.6 Å². The van der Waals surface area contributed by atoms with Gasteiger partial charge in [-0.2, -0.15) is 0 Å². The topological polar surface area (TPSA) is 88.7 Å². The molecule has 0 aliphatic rings. The van der Waals surface area contributed by atoms with Crippen LogP contribution in [0.4, 0.5) is 0 Å². The average Bonchev–Trinajstić information content (AvgIpc) is 2.70. The maximum Gasteiger partial charge on any atom is 0.279 e. The molecular weight excluding hydrogens is 470 g/mol. The Morgan fingerprint density at radius 2 is 1.83 bits per heavy atom. The normalized spacial score (nSPS) is 11.2. The fourth-order valence-electron chi connectivity index (χ4n) is 2.43. The molecule has 0 saturated carbocycles. The van der Waals surface area contributed by atoms with E-state index in [0.29, 0.717) is 23.7 Å². The van der Waals surface area contributed by atoms with E-state index in [1.807, 2.05) is 32.9 Å². The number of hydrazine groups is 1. The SMILES string of the molecule is CCOc1ccc(Br)cc1C(=O)NC(=S)NNC(=O)C(C)Oc1ccc(C)c(C)c1. The summed E-state index contributed by atoms with van der Waals surface area (Å²) in [5.74, 6) is 0.114. The molecule has 30 heavy (non-hydrogen) atoms. The van der Waals surface area contributed by atoms with Crippen LogP contribution in [0, 0.1) is 13.8 Å². The van der Waals surface area contributed by atoms with Gasteiger partial charge in [0.2, 0.25) is 0 Å². The summed E-state index contributed by atoms with van der Waals surface area (Å²) in [5, 5.41) is 2.44. The monoisotopic (exact) mass is 493 g/mol. The molecule has 3 N–H and O–H groups in total. The van der Waals surface area contributed by atoms with Crippen molar-refractivity contribution >= 4 is 45.1 Å². The van der Waals surface area contributed by atoms with E-state index >= 15 is 0 Å². The number of thiocarbonyl (C=S) groups is 1. The first kappa shape index (κ1) is 23.6. The predicted molar refractivity (Wildman–Crippen MR) is 123 cm³/mol. The van der Waals surface area contributed by atoms with Gasteiger partial charge in [-0.05, 0) is 81.4 Å². The van der Waals surface area contributed by atoms with Gasteiger partial charge < -0.3 is 9.47 Å². The first-order valence-electron chi connectivity index (χ1n) is 9.28. The van der Waals surface area contributed by atoms with Crippen LogP contribution in [0.15, 0.2) is 40.9 Å². The summed E-state index contributed by atoms with van der Waals surface area (Å²) in [6, 6.07) is 10.7. The number of benzene rings is 2. The van der Waals surface area contributed by atoms with Crippen LogP contribution in [0.3, 0.4) is 0 Å². The van der Waals surface area contributed by atoms with Gasteiger partial charge in [0.15, 0.2) is 11.2 Å². The maximum atomic E-state index is 12.5. The second-order valence-electron chi connectivity index (χ2n) is 6.48. The van der Waals surface area contributed by atoms with Gasteiger partial charge in [0, 0.05) is 4.47 Å². The van der Waals surface area contributed by atoms with Crippen LogP contribution in [0.2, 0.25) is 0 Å². The molecule has 2 rings (SSSR count). The minimum absolute atomic E-state index is 0.0610. The fourth-order valence-corrected chi connectivity index (χ4v) is 2.93. The molecule has 0 bridgehead atoms. The highest BCUT2D eigenvalue weighted by atomic mass is 79.9. The van der Waals surface area contributed by atoms with E-state index in [-0.39, 0.29) is 5.11 Å². The summed E-state index contributed by atoms with van der Waals surface area (Å²) in [6.07, 6.45) is -0.771. The number of hydrogen-bond donors (Lipinski definition) is 3. The van der Waals surface area contributed by atoms with Crippen molar-refractivity contribution in [2.75, 3.05) is 6.61 Å². The molecule has 160 valence electrons. The third-order valence-corrected chi connectivity index (χ3v) is 4.87. The largest absolute Gasteiger partial charge is 0.493 e. The molecule has 0 aliphatic heterocycles. The Morgan fingerprint density at radius 3 is 2.50 bits per heavy atom. The molecular formula is C21H24BrN3O4S. The molecule has 0 heterocycles. The van der Waals surface area contributed by atoms with Gasteiger partial charge in [0.05, 0.1) is 12.2 Å². The zero-order chi connectivity index (χ0) is 22.3. The van der Waals surface area contributed by atoms with Gasteiger partial charge in [0.25, 0.3) is 11.8 Å². The number of aryl methyl sites for hydroxylation is 2. The molecule has 7 nitrogen and oxygen atoms in total. The molecule has 0 fully saturated rings. The van der Waals surface area contributed by atoms with Crippen molar-refractivity contribution in [3.63, 3.8) is 0 Å². The minimum Gasteiger partial charge on any atom is -0.493 e. The molecule has 0 radical (unpaired) electrons. The van der Waals surface area contributed by atoms with Crippen LogP contribution in [-0.2, 0) is 4.79 Å². The summed E-state index contributed by atoms with van der Waals surface area (Å²) < 4.78 is 11.8. The Labute approximate surface area is 189 Å². The smallest absolute Gasteiger partial charge is 0.279 e. The first-order chi connectivity index (χ1) is 14.2. The first-order valence-corrected chi connectivity index (χ1v) is 10.5. The summed E-state index contributed by atoms with van der Waals surface area (Å²) >= 11 is 8.41. The van der Waals surface area contributed by atoms with E-state index in [1.54, 1.807) is 31.2 Å². The van der Waals surface area contributed by atoms with Crippen LogP contribution < -0.4 is 25.6 Å².